The Labute approximate surface area is 193 Å². The molecule has 7 heteroatoms. The van der Waals surface area contributed by atoms with Crippen LogP contribution in [0.15, 0.2) is 23.3 Å². The normalized spacial score (nSPS) is 41.7. The topological polar surface area (TPSA) is 86.7 Å². The molecule has 0 unspecified atom stereocenters. The molecule has 0 saturated heterocycles. The lowest BCUT2D eigenvalue weighted by Gasteiger charge is -2.55. The van der Waals surface area contributed by atoms with Crippen molar-refractivity contribution < 1.29 is 33.0 Å². The van der Waals surface area contributed by atoms with Gasteiger partial charge >= 0.3 is 11.9 Å². The summed E-state index contributed by atoms with van der Waals surface area (Å²) in [5, 5.41) is 0. The van der Waals surface area contributed by atoms with Gasteiger partial charge in [0.15, 0.2) is 18.0 Å². The first-order valence-electron chi connectivity index (χ1n) is 11.8. The van der Waals surface area contributed by atoms with Crippen LogP contribution >= 0.6 is 0 Å². The van der Waals surface area contributed by atoms with Crippen molar-refractivity contribution in [1.29, 1.82) is 0 Å². The second kappa shape index (κ2) is 7.88. The molecule has 180 valence electrons. The zero-order valence-electron chi connectivity index (χ0n) is 20.0. The quantitative estimate of drug-likeness (QED) is 0.464. The number of carbonyl (C=O) groups is 4. The number of carbonyl (C=O) groups excluding carboxylic acids is 4. The Morgan fingerprint density at radius 2 is 1.82 bits per heavy atom. The van der Waals surface area contributed by atoms with Crippen LogP contribution in [0.1, 0.15) is 66.7 Å². The molecule has 0 spiro atoms. The van der Waals surface area contributed by atoms with Gasteiger partial charge in [-0.25, -0.2) is 4.39 Å². The van der Waals surface area contributed by atoms with Crippen LogP contribution in [0, 0.1) is 28.6 Å². The summed E-state index contributed by atoms with van der Waals surface area (Å²) < 4.78 is 26.4. The number of hydrogen-bond donors (Lipinski definition) is 0. The minimum absolute atomic E-state index is 0.0238. The van der Waals surface area contributed by atoms with Crippen molar-refractivity contribution in [3.8, 4) is 0 Å². The summed E-state index contributed by atoms with van der Waals surface area (Å²) in [6.07, 6.45) is 4.70. The molecule has 4 aliphatic carbocycles. The standard InChI is InChI=1S/C26H33FO6/c1-14-10-20-18-12-22(27)21-11-17(30)6-8-24(21,4)19(18)7-9-25(20,5)26(14,33-16(3)29)23(31)13-32-15(2)28/h7,11,14,18,20,22H,6,8-10,12-13H2,1-5H3/t14-,18+,20-,22-,24+,25-,26-/m0/s1. The third-order valence-electron chi connectivity index (χ3n) is 8.99. The summed E-state index contributed by atoms with van der Waals surface area (Å²) >= 11 is 0. The van der Waals surface area contributed by atoms with Gasteiger partial charge < -0.3 is 9.47 Å². The van der Waals surface area contributed by atoms with Gasteiger partial charge in [0.2, 0.25) is 5.78 Å². The zero-order chi connectivity index (χ0) is 24.3. The van der Waals surface area contributed by atoms with E-state index in [9.17, 15) is 19.2 Å². The molecule has 4 rings (SSSR count). The van der Waals surface area contributed by atoms with Gasteiger partial charge in [0.05, 0.1) is 0 Å². The molecule has 7 atom stereocenters. The molecule has 33 heavy (non-hydrogen) atoms. The van der Waals surface area contributed by atoms with Gasteiger partial charge in [-0.3, -0.25) is 19.2 Å². The van der Waals surface area contributed by atoms with E-state index in [1.165, 1.54) is 19.9 Å². The Morgan fingerprint density at radius 3 is 2.45 bits per heavy atom. The lowest BCUT2D eigenvalue weighted by molar-refractivity contribution is -0.190. The zero-order valence-corrected chi connectivity index (χ0v) is 20.0. The number of fused-ring (bicyclic) bond motifs is 5. The number of Topliss-reactive ketones (excluding diaryl/α,β-unsaturated/α-hetero) is 1. The monoisotopic (exact) mass is 460 g/mol. The first-order chi connectivity index (χ1) is 15.4. The maximum Gasteiger partial charge on any atom is 0.303 e. The highest BCUT2D eigenvalue weighted by molar-refractivity contribution is 5.94. The van der Waals surface area contributed by atoms with E-state index in [1.807, 2.05) is 20.8 Å². The molecule has 0 N–H and O–H groups in total. The van der Waals surface area contributed by atoms with Crippen molar-refractivity contribution >= 4 is 23.5 Å². The Hall–Kier alpha value is -2.31. The third kappa shape index (κ3) is 3.33. The molecule has 2 saturated carbocycles. The molecule has 0 bridgehead atoms. The van der Waals surface area contributed by atoms with Crippen LogP contribution in [0.3, 0.4) is 0 Å². The summed E-state index contributed by atoms with van der Waals surface area (Å²) in [4.78, 5) is 49.2. The van der Waals surface area contributed by atoms with Crippen molar-refractivity contribution in [3.05, 3.63) is 23.3 Å². The van der Waals surface area contributed by atoms with E-state index in [0.717, 1.165) is 5.57 Å². The predicted octanol–water partition coefficient (Wildman–Crippen LogP) is 4.07. The number of halogens is 1. The van der Waals surface area contributed by atoms with Crippen LogP contribution in [-0.4, -0.2) is 41.9 Å². The van der Waals surface area contributed by atoms with E-state index in [0.29, 0.717) is 31.3 Å². The van der Waals surface area contributed by atoms with Gasteiger partial charge in [-0.2, -0.15) is 0 Å². The van der Waals surface area contributed by atoms with Crippen molar-refractivity contribution in [2.75, 3.05) is 6.61 Å². The number of ketones is 2. The number of rotatable bonds is 4. The molecule has 2 fully saturated rings. The maximum absolute atomic E-state index is 15.5. The van der Waals surface area contributed by atoms with E-state index in [2.05, 4.69) is 6.08 Å². The fraction of sp³-hybridized carbons (Fsp3) is 0.692. The Kier molecular flexibility index (Phi) is 5.69. The molecule has 0 aromatic heterocycles. The summed E-state index contributed by atoms with van der Waals surface area (Å²) in [5.41, 5.74) is -0.990. The van der Waals surface area contributed by atoms with Crippen molar-refractivity contribution in [1.82, 2.24) is 0 Å². The van der Waals surface area contributed by atoms with Crippen molar-refractivity contribution in [2.45, 2.75) is 78.5 Å². The molecule has 6 nitrogen and oxygen atoms in total. The maximum atomic E-state index is 15.5. The lowest BCUT2D eigenvalue weighted by Crippen LogP contribution is -2.60. The van der Waals surface area contributed by atoms with Crippen LogP contribution in [0.2, 0.25) is 0 Å². The first-order valence-corrected chi connectivity index (χ1v) is 11.8. The van der Waals surface area contributed by atoms with Gasteiger partial charge in [-0.15, -0.1) is 0 Å². The SMILES string of the molecule is CC(=O)OCC(=O)[C@@]1(OC(C)=O)[C@@H](C)C[C@H]2[C@@H]3C[C@H](F)C4=CC(=O)CC[C@]4(C)C3=CC[C@@]21C. The minimum atomic E-state index is -1.45. The van der Waals surface area contributed by atoms with Gasteiger partial charge in [0.25, 0.3) is 0 Å². The highest BCUT2D eigenvalue weighted by atomic mass is 19.1. The second-order valence-electron chi connectivity index (χ2n) is 10.8. The molecule has 0 radical (unpaired) electrons. The Bertz CT molecular complexity index is 981. The number of hydrogen-bond acceptors (Lipinski definition) is 6. The van der Waals surface area contributed by atoms with Crippen LogP contribution in [0.25, 0.3) is 0 Å². The van der Waals surface area contributed by atoms with Crippen LogP contribution in [-0.2, 0) is 28.7 Å². The number of ether oxygens (including phenoxy) is 2. The molecular formula is C26H33FO6. The van der Waals surface area contributed by atoms with E-state index in [4.69, 9.17) is 9.47 Å². The molecule has 0 aliphatic heterocycles. The van der Waals surface area contributed by atoms with Crippen LogP contribution in [0.4, 0.5) is 4.39 Å². The highest BCUT2D eigenvalue weighted by Crippen LogP contribution is 2.68. The first kappa shape index (κ1) is 23.8. The number of allylic oxidation sites excluding steroid dienone is 4. The van der Waals surface area contributed by atoms with E-state index < -0.39 is 46.9 Å². The molecule has 0 aromatic carbocycles. The smallest absolute Gasteiger partial charge is 0.303 e. The highest BCUT2D eigenvalue weighted by Gasteiger charge is 2.70. The van der Waals surface area contributed by atoms with Crippen molar-refractivity contribution in [2.24, 2.45) is 28.6 Å². The summed E-state index contributed by atoms with van der Waals surface area (Å²) in [6.45, 7) is 7.92. The Balaban J connectivity index is 1.80. The molecular weight excluding hydrogens is 427 g/mol. The van der Waals surface area contributed by atoms with Gasteiger partial charge in [-0.1, -0.05) is 32.4 Å². The van der Waals surface area contributed by atoms with Crippen LogP contribution < -0.4 is 0 Å². The largest absolute Gasteiger partial charge is 0.458 e. The minimum Gasteiger partial charge on any atom is -0.458 e. The Morgan fingerprint density at radius 1 is 1.12 bits per heavy atom. The average Bonchev–Trinajstić information content (AvgIpc) is 2.95. The number of esters is 2. The van der Waals surface area contributed by atoms with E-state index in [-0.39, 0.29) is 30.0 Å². The summed E-state index contributed by atoms with van der Waals surface area (Å²) in [6, 6.07) is 0. The molecule has 4 aliphatic rings. The summed E-state index contributed by atoms with van der Waals surface area (Å²) in [7, 11) is 0. The fourth-order valence-electron chi connectivity index (χ4n) is 7.56. The van der Waals surface area contributed by atoms with Crippen molar-refractivity contribution in [3.63, 3.8) is 0 Å². The fourth-order valence-corrected chi connectivity index (χ4v) is 7.56. The lowest BCUT2D eigenvalue weighted by atomic mass is 9.50. The van der Waals surface area contributed by atoms with Gasteiger partial charge in [0.1, 0.15) is 6.17 Å². The number of alkyl halides is 1. The molecule has 0 aromatic rings. The molecule has 0 heterocycles. The second-order valence-corrected chi connectivity index (χ2v) is 10.8. The average molecular weight is 461 g/mol. The van der Waals surface area contributed by atoms with Gasteiger partial charge in [-0.05, 0) is 49.2 Å². The van der Waals surface area contributed by atoms with E-state index in [1.54, 1.807) is 0 Å². The van der Waals surface area contributed by atoms with E-state index >= 15 is 4.39 Å². The van der Waals surface area contributed by atoms with Gasteiger partial charge in [0, 0.05) is 37.0 Å². The molecule has 0 amide bonds. The van der Waals surface area contributed by atoms with Crippen LogP contribution in [0.5, 0.6) is 0 Å². The predicted molar refractivity (Wildman–Crippen MR) is 118 cm³/mol. The summed E-state index contributed by atoms with van der Waals surface area (Å²) in [5.74, 6) is -2.11. The third-order valence-corrected chi connectivity index (χ3v) is 8.99.